The lowest BCUT2D eigenvalue weighted by molar-refractivity contribution is 0.122. The number of likely N-dealkylation sites (tertiary alicyclic amines) is 1. The zero-order valence-corrected chi connectivity index (χ0v) is 12.4. The van der Waals surface area contributed by atoms with Gasteiger partial charge in [0.05, 0.1) is 12.3 Å². The molecule has 1 aliphatic rings. The molecular formula is C16H21N3O2. The van der Waals surface area contributed by atoms with E-state index in [4.69, 9.17) is 9.15 Å². The molecule has 112 valence electrons. The molecule has 3 heterocycles. The molecule has 1 unspecified atom stereocenters. The van der Waals surface area contributed by atoms with E-state index < -0.39 is 0 Å². The lowest BCUT2D eigenvalue weighted by Gasteiger charge is -2.31. The molecule has 1 saturated heterocycles. The van der Waals surface area contributed by atoms with Crippen LogP contribution in [0.1, 0.15) is 24.4 Å². The third kappa shape index (κ3) is 4.04. The molecule has 0 spiro atoms. The minimum absolute atomic E-state index is 0.550. The molecule has 5 nitrogen and oxygen atoms in total. The minimum Gasteiger partial charge on any atom is -0.477 e. The monoisotopic (exact) mass is 287 g/mol. The SMILES string of the molecule is Cc1nc(CN2CCCC(COc3ccccn3)C2)co1. The van der Waals surface area contributed by atoms with Gasteiger partial charge in [-0.15, -0.1) is 0 Å². The summed E-state index contributed by atoms with van der Waals surface area (Å²) in [4.78, 5) is 11.0. The minimum atomic E-state index is 0.550. The predicted molar refractivity (Wildman–Crippen MR) is 79.0 cm³/mol. The number of hydrogen-bond donors (Lipinski definition) is 0. The van der Waals surface area contributed by atoms with E-state index in [1.54, 1.807) is 12.5 Å². The van der Waals surface area contributed by atoms with Crippen molar-refractivity contribution in [1.29, 1.82) is 0 Å². The number of aryl methyl sites for hydroxylation is 1. The summed E-state index contributed by atoms with van der Waals surface area (Å²) in [5.41, 5.74) is 1.01. The Morgan fingerprint density at radius 2 is 2.38 bits per heavy atom. The summed E-state index contributed by atoms with van der Waals surface area (Å²) in [6.45, 7) is 5.62. The van der Waals surface area contributed by atoms with Crippen molar-refractivity contribution in [1.82, 2.24) is 14.9 Å². The second kappa shape index (κ2) is 6.72. The highest BCUT2D eigenvalue weighted by Gasteiger charge is 2.21. The molecule has 1 atom stereocenters. The number of oxazole rings is 1. The molecule has 0 saturated carbocycles. The van der Waals surface area contributed by atoms with E-state index >= 15 is 0 Å². The van der Waals surface area contributed by atoms with Gasteiger partial charge in [0.15, 0.2) is 5.89 Å². The summed E-state index contributed by atoms with van der Waals surface area (Å²) >= 11 is 0. The molecule has 0 radical (unpaired) electrons. The Balaban J connectivity index is 1.49. The zero-order chi connectivity index (χ0) is 14.5. The van der Waals surface area contributed by atoms with Gasteiger partial charge in [-0.25, -0.2) is 9.97 Å². The molecule has 21 heavy (non-hydrogen) atoms. The van der Waals surface area contributed by atoms with Crippen LogP contribution in [-0.2, 0) is 6.54 Å². The van der Waals surface area contributed by atoms with Crippen LogP contribution in [0, 0.1) is 12.8 Å². The largest absolute Gasteiger partial charge is 0.477 e. The number of pyridine rings is 1. The van der Waals surface area contributed by atoms with Crippen molar-refractivity contribution in [2.75, 3.05) is 19.7 Å². The number of hydrogen-bond acceptors (Lipinski definition) is 5. The van der Waals surface area contributed by atoms with Gasteiger partial charge in [-0.05, 0) is 25.5 Å². The molecule has 0 aliphatic carbocycles. The molecule has 0 amide bonds. The quantitative estimate of drug-likeness (QED) is 0.846. The third-order valence-corrected chi connectivity index (χ3v) is 3.76. The van der Waals surface area contributed by atoms with Gasteiger partial charge in [0.1, 0.15) is 6.26 Å². The molecule has 0 bridgehead atoms. The van der Waals surface area contributed by atoms with Crippen molar-refractivity contribution in [3.05, 3.63) is 42.2 Å². The zero-order valence-electron chi connectivity index (χ0n) is 12.4. The summed E-state index contributed by atoms with van der Waals surface area (Å²) in [5.74, 6) is 1.99. The first kappa shape index (κ1) is 14.1. The van der Waals surface area contributed by atoms with E-state index in [1.165, 1.54) is 12.8 Å². The van der Waals surface area contributed by atoms with Crippen LogP contribution in [0.5, 0.6) is 5.88 Å². The topological polar surface area (TPSA) is 51.4 Å². The van der Waals surface area contributed by atoms with E-state index in [0.29, 0.717) is 11.8 Å². The number of piperidine rings is 1. The van der Waals surface area contributed by atoms with Gasteiger partial charge in [0.25, 0.3) is 0 Å². The summed E-state index contributed by atoms with van der Waals surface area (Å²) in [7, 11) is 0. The highest BCUT2D eigenvalue weighted by atomic mass is 16.5. The summed E-state index contributed by atoms with van der Waals surface area (Å²) < 4.78 is 11.0. The first-order valence-corrected chi connectivity index (χ1v) is 7.47. The Labute approximate surface area is 125 Å². The molecule has 0 N–H and O–H groups in total. The highest BCUT2D eigenvalue weighted by Crippen LogP contribution is 2.19. The van der Waals surface area contributed by atoms with Crippen molar-refractivity contribution in [3.63, 3.8) is 0 Å². The first-order valence-electron chi connectivity index (χ1n) is 7.47. The second-order valence-electron chi connectivity index (χ2n) is 5.58. The standard InChI is InChI=1S/C16H21N3O2/c1-13-18-15(12-20-13)10-19-8-4-5-14(9-19)11-21-16-6-2-3-7-17-16/h2-3,6-7,12,14H,4-5,8-11H2,1H3. The van der Waals surface area contributed by atoms with Gasteiger partial charge < -0.3 is 9.15 Å². The van der Waals surface area contributed by atoms with Crippen molar-refractivity contribution in [2.24, 2.45) is 5.92 Å². The van der Waals surface area contributed by atoms with Crippen LogP contribution >= 0.6 is 0 Å². The summed E-state index contributed by atoms with van der Waals surface area (Å²) in [5, 5.41) is 0. The van der Waals surface area contributed by atoms with Crippen molar-refractivity contribution in [3.8, 4) is 5.88 Å². The van der Waals surface area contributed by atoms with E-state index in [0.717, 1.165) is 37.8 Å². The van der Waals surface area contributed by atoms with Gasteiger partial charge in [0.2, 0.25) is 5.88 Å². The number of aromatic nitrogens is 2. The van der Waals surface area contributed by atoms with Crippen LogP contribution in [0.4, 0.5) is 0 Å². The maximum absolute atomic E-state index is 5.78. The normalized spacial score (nSPS) is 19.6. The fourth-order valence-electron chi connectivity index (χ4n) is 2.78. The average molecular weight is 287 g/mol. The highest BCUT2D eigenvalue weighted by molar-refractivity contribution is 5.09. The van der Waals surface area contributed by atoms with E-state index in [1.807, 2.05) is 25.1 Å². The fourth-order valence-corrected chi connectivity index (χ4v) is 2.78. The van der Waals surface area contributed by atoms with E-state index in [9.17, 15) is 0 Å². The number of rotatable bonds is 5. The Hall–Kier alpha value is -1.88. The van der Waals surface area contributed by atoms with Gasteiger partial charge in [-0.2, -0.15) is 0 Å². The lowest BCUT2D eigenvalue weighted by Crippen LogP contribution is -2.37. The number of nitrogens with zero attached hydrogens (tertiary/aromatic N) is 3. The van der Waals surface area contributed by atoms with Gasteiger partial charge in [-0.1, -0.05) is 6.07 Å². The van der Waals surface area contributed by atoms with E-state index in [-0.39, 0.29) is 0 Å². The summed E-state index contributed by atoms with van der Waals surface area (Å²) in [6, 6.07) is 5.75. The van der Waals surface area contributed by atoms with Crippen LogP contribution < -0.4 is 4.74 Å². The van der Waals surface area contributed by atoms with Crippen molar-refractivity contribution < 1.29 is 9.15 Å². The molecule has 0 aromatic carbocycles. The van der Waals surface area contributed by atoms with Gasteiger partial charge in [-0.3, -0.25) is 4.90 Å². The Bertz CT molecular complexity index is 556. The van der Waals surface area contributed by atoms with Crippen LogP contribution in [0.15, 0.2) is 35.1 Å². The van der Waals surface area contributed by atoms with E-state index in [2.05, 4.69) is 14.9 Å². The molecule has 1 aliphatic heterocycles. The molecule has 3 rings (SSSR count). The Kier molecular flexibility index (Phi) is 4.50. The molecule has 1 fully saturated rings. The van der Waals surface area contributed by atoms with Gasteiger partial charge in [0, 0.05) is 38.2 Å². The molecule has 5 heteroatoms. The fraction of sp³-hybridized carbons (Fsp3) is 0.500. The molecule has 2 aromatic rings. The van der Waals surface area contributed by atoms with Crippen LogP contribution in [0.2, 0.25) is 0 Å². The molecule has 2 aromatic heterocycles. The Morgan fingerprint density at radius 3 is 3.14 bits per heavy atom. The lowest BCUT2D eigenvalue weighted by atomic mass is 9.99. The second-order valence-corrected chi connectivity index (χ2v) is 5.58. The molecular weight excluding hydrogens is 266 g/mol. The van der Waals surface area contributed by atoms with Crippen molar-refractivity contribution in [2.45, 2.75) is 26.3 Å². The maximum Gasteiger partial charge on any atom is 0.213 e. The van der Waals surface area contributed by atoms with Crippen molar-refractivity contribution >= 4 is 0 Å². The first-order chi connectivity index (χ1) is 10.3. The van der Waals surface area contributed by atoms with Crippen LogP contribution in [-0.4, -0.2) is 34.6 Å². The maximum atomic E-state index is 5.78. The number of ether oxygens (including phenoxy) is 1. The Morgan fingerprint density at radius 1 is 1.43 bits per heavy atom. The van der Waals surface area contributed by atoms with Crippen LogP contribution in [0.3, 0.4) is 0 Å². The summed E-state index contributed by atoms with van der Waals surface area (Å²) in [6.07, 6.45) is 5.92. The predicted octanol–water partition coefficient (Wildman–Crippen LogP) is 2.67. The average Bonchev–Trinajstić information content (AvgIpc) is 2.92. The smallest absolute Gasteiger partial charge is 0.213 e. The van der Waals surface area contributed by atoms with Gasteiger partial charge >= 0.3 is 0 Å². The van der Waals surface area contributed by atoms with Crippen LogP contribution in [0.25, 0.3) is 0 Å². The third-order valence-electron chi connectivity index (χ3n) is 3.76.